The molecule has 1 aliphatic rings. The van der Waals surface area contributed by atoms with Crippen molar-refractivity contribution in [3.05, 3.63) is 24.3 Å². The minimum Gasteiger partial charge on any atom is -0.323 e. The molecule has 0 saturated carbocycles. The number of amides is 2. The summed E-state index contributed by atoms with van der Waals surface area (Å²) < 4.78 is 0. The Bertz CT molecular complexity index is 401. The Morgan fingerprint density at radius 3 is 2.86 bits per heavy atom. The van der Waals surface area contributed by atoms with Gasteiger partial charge in [-0.25, -0.2) is 0 Å². The molecule has 4 nitrogen and oxygen atoms in total. The maximum absolute atomic E-state index is 11.3. The van der Waals surface area contributed by atoms with E-state index in [4.69, 9.17) is 0 Å². The average Bonchev–Trinajstić information content (AvgIpc) is 2.16. The zero-order chi connectivity index (χ0) is 10.1. The van der Waals surface area contributed by atoms with E-state index < -0.39 is 0 Å². The number of carbonyl (C=O) groups is 2. The third kappa shape index (κ3) is 1.35. The Balaban J connectivity index is 2.48. The van der Waals surface area contributed by atoms with E-state index in [1.165, 1.54) is 11.8 Å². The molecule has 72 valence electrons. The van der Waals surface area contributed by atoms with Gasteiger partial charge < -0.3 is 10.2 Å². The second-order valence-corrected chi connectivity index (χ2v) is 3.17. The highest BCUT2D eigenvalue weighted by Crippen LogP contribution is 2.28. The second kappa shape index (κ2) is 3.14. The van der Waals surface area contributed by atoms with Gasteiger partial charge in [-0.05, 0) is 12.1 Å². The molecular formula is C10H10N2O2. The number of hydrogen-bond acceptors (Lipinski definition) is 2. The van der Waals surface area contributed by atoms with Crippen molar-refractivity contribution in [2.75, 3.05) is 16.8 Å². The molecule has 0 spiro atoms. The van der Waals surface area contributed by atoms with Gasteiger partial charge in [-0.1, -0.05) is 12.1 Å². The van der Waals surface area contributed by atoms with Crippen molar-refractivity contribution in [3.8, 4) is 0 Å². The van der Waals surface area contributed by atoms with E-state index in [1.807, 2.05) is 18.2 Å². The largest absolute Gasteiger partial charge is 0.323 e. The zero-order valence-electron chi connectivity index (χ0n) is 7.78. The second-order valence-electron chi connectivity index (χ2n) is 3.17. The van der Waals surface area contributed by atoms with Gasteiger partial charge in [-0.2, -0.15) is 0 Å². The van der Waals surface area contributed by atoms with E-state index in [0.29, 0.717) is 5.69 Å². The summed E-state index contributed by atoms with van der Waals surface area (Å²) >= 11 is 0. The summed E-state index contributed by atoms with van der Waals surface area (Å²) in [5.74, 6) is -0.272. The number of anilines is 2. The van der Waals surface area contributed by atoms with Gasteiger partial charge in [0.25, 0.3) is 0 Å². The Morgan fingerprint density at radius 2 is 2.14 bits per heavy atom. The van der Waals surface area contributed by atoms with Crippen LogP contribution in [0.25, 0.3) is 0 Å². The van der Waals surface area contributed by atoms with Crippen LogP contribution in [0.2, 0.25) is 0 Å². The maximum atomic E-state index is 11.3. The van der Waals surface area contributed by atoms with E-state index >= 15 is 0 Å². The van der Waals surface area contributed by atoms with Crippen LogP contribution >= 0.6 is 0 Å². The molecule has 0 aliphatic carbocycles. The van der Waals surface area contributed by atoms with Gasteiger partial charge in [0.05, 0.1) is 11.4 Å². The van der Waals surface area contributed by atoms with Gasteiger partial charge >= 0.3 is 0 Å². The van der Waals surface area contributed by atoms with Crippen LogP contribution in [0.15, 0.2) is 24.3 Å². The maximum Gasteiger partial charge on any atom is 0.244 e. The number of nitrogens with zero attached hydrogens (tertiary/aromatic N) is 1. The number of hydrogen-bond donors (Lipinski definition) is 1. The lowest BCUT2D eigenvalue weighted by Gasteiger charge is -2.27. The first-order valence-electron chi connectivity index (χ1n) is 4.35. The lowest BCUT2D eigenvalue weighted by atomic mass is 10.2. The third-order valence-corrected chi connectivity index (χ3v) is 2.15. The van der Waals surface area contributed by atoms with Crippen LogP contribution in [0, 0.1) is 0 Å². The molecule has 0 unspecified atom stereocenters. The lowest BCUT2D eigenvalue weighted by molar-refractivity contribution is -0.120. The van der Waals surface area contributed by atoms with Crippen molar-refractivity contribution in [2.45, 2.75) is 6.92 Å². The van der Waals surface area contributed by atoms with Crippen LogP contribution in [-0.2, 0) is 9.59 Å². The number of rotatable bonds is 0. The molecule has 0 atom stereocenters. The topological polar surface area (TPSA) is 49.4 Å². The molecule has 0 aromatic heterocycles. The number of benzene rings is 1. The van der Waals surface area contributed by atoms with E-state index in [9.17, 15) is 9.59 Å². The number of fused-ring (bicyclic) bond motifs is 1. The van der Waals surface area contributed by atoms with Crippen LogP contribution in [-0.4, -0.2) is 18.4 Å². The zero-order valence-corrected chi connectivity index (χ0v) is 7.78. The van der Waals surface area contributed by atoms with Crippen molar-refractivity contribution < 1.29 is 9.59 Å². The first kappa shape index (κ1) is 8.74. The van der Waals surface area contributed by atoms with Crippen LogP contribution in [0.4, 0.5) is 11.4 Å². The molecule has 1 aliphatic heterocycles. The fourth-order valence-electron chi connectivity index (χ4n) is 1.51. The van der Waals surface area contributed by atoms with E-state index in [-0.39, 0.29) is 18.4 Å². The van der Waals surface area contributed by atoms with Crippen LogP contribution < -0.4 is 10.2 Å². The number of nitrogens with one attached hydrogen (secondary N) is 1. The van der Waals surface area contributed by atoms with E-state index in [2.05, 4.69) is 5.32 Å². The Kier molecular flexibility index (Phi) is 1.96. The molecular weight excluding hydrogens is 180 g/mol. The Labute approximate surface area is 81.5 Å². The summed E-state index contributed by atoms with van der Waals surface area (Å²) in [4.78, 5) is 24.0. The lowest BCUT2D eigenvalue weighted by Crippen LogP contribution is -2.40. The molecule has 1 heterocycles. The normalized spacial score (nSPS) is 14.6. The minimum absolute atomic E-state index is 0.104. The van der Waals surface area contributed by atoms with Gasteiger partial charge in [0, 0.05) is 6.92 Å². The molecule has 1 aromatic rings. The van der Waals surface area contributed by atoms with Crippen molar-refractivity contribution in [1.82, 2.24) is 0 Å². The highest BCUT2D eigenvalue weighted by molar-refractivity contribution is 6.09. The predicted molar refractivity (Wildman–Crippen MR) is 53.1 cm³/mol. The molecule has 2 rings (SSSR count). The van der Waals surface area contributed by atoms with Gasteiger partial charge in [0.1, 0.15) is 6.54 Å². The first-order valence-corrected chi connectivity index (χ1v) is 4.35. The Hall–Kier alpha value is -1.84. The molecule has 1 N–H and O–H groups in total. The highest BCUT2D eigenvalue weighted by atomic mass is 16.2. The molecule has 2 amide bonds. The average molecular weight is 190 g/mol. The standard InChI is InChI=1S/C10H10N2O2/c1-7(13)12-6-10(14)11-8-4-2-3-5-9(8)12/h2-5H,6H2,1H3,(H,11,14). The molecule has 1 aromatic carbocycles. The van der Waals surface area contributed by atoms with Gasteiger partial charge in [-0.15, -0.1) is 0 Å². The SMILES string of the molecule is CC(=O)N1CC(=O)Nc2ccccc21. The molecule has 0 radical (unpaired) electrons. The van der Waals surface area contributed by atoms with Crippen molar-refractivity contribution >= 4 is 23.2 Å². The van der Waals surface area contributed by atoms with Crippen LogP contribution in [0.3, 0.4) is 0 Å². The number of carbonyl (C=O) groups excluding carboxylic acids is 2. The van der Waals surface area contributed by atoms with Crippen molar-refractivity contribution in [1.29, 1.82) is 0 Å². The third-order valence-electron chi connectivity index (χ3n) is 2.15. The number of para-hydroxylation sites is 2. The van der Waals surface area contributed by atoms with Gasteiger partial charge in [-0.3, -0.25) is 9.59 Å². The fourth-order valence-corrected chi connectivity index (χ4v) is 1.51. The smallest absolute Gasteiger partial charge is 0.244 e. The minimum atomic E-state index is -0.154. The molecule has 0 saturated heterocycles. The molecule has 14 heavy (non-hydrogen) atoms. The summed E-state index contributed by atoms with van der Waals surface area (Å²) in [5, 5.41) is 2.71. The Morgan fingerprint density at radius 1 is 1.43 bits per heavy atom. The quantitative estimate of drug-likeness (QED) is 0.663. The summed E-state index contributed by atoms with van der Waals surface area (Å²) in [7, 11) is 0. The fraction of sp³-hybridized carbons (Fsp3) is 0.200. The first-order chi connectivity index (χ1) is 6.68. The summed E-state index contributed by atoms with van der Waals surface area (Å²) in [6.07, 6.45) is 0. The van der Waals surface area contributed by atoms with Crippen LogP contribution in [0.5, 0.6) is 0 Å². The van der Waals surface area contributed by atoms with E-state index in [1.54, 1.807) is 6.07 Å². The summed E-state index contributed by atoms with van der Waals surface area (Å²) in [6.45, 7) is 1.56. The van der Waals surface area contributed by atoms with Crippen molar-refractivity contribution in [3.63, 3.8) is 0 Å². The predicted octanol–water partition coefficient (Wildman–Crippen LogP) is 0.992. The highest BCUT2D eigenvalue weighted by Gasteiger charge is 2.23. The molecule has 0 bridgehead atoms. The molecule has 4 heteroatoms. The van der Waals surface area contributed by atoms with Gasteiger partial charge in [0.15, 0.2) is 0 Å². The summed E-state index contributed by atoms with van der Waals surface area (Å²) in [5.41, 5.74) is 1.46. The molecule has 0 fully saturated rings. The van der Waals surface area contributed by atoms with E-state index in [0.717, 1.165) is 5.69 Å². The van der Waals surface area contributed by atoms with Gasteiger partial charge in [0.2, 0.25) is 11.8 Å². The monoisotopic (exact) mass is 190 g/mol. The van der Waals surface area contributed by atoms with Crippen molar-refractivity contribution in [2.24, 2.45) is 0 Å². The summed E-state index contributed by atoms with van der Waals surface area (Å²) in [6, 6.07) is 7.26. The van der Waals surface area contributed by atoms with Crippen LogP contribution in [0.1, 0.15) is 6.92 Å².